The molecule has 0 amide bonds. The predicted octanol–water partition coefficient (Wildman–Crippen LogP) is 5.39. The molecule has 39 heavy (non-hydrogen) atoms. The molecule has 7 nitrogen and oxygen atoms in total. The number of ether oxygens (including phenoxy) is 1. The molecule has 0 aliphatic carbocycles. The van der Waals surface area contributed by atoms with Gasteiger partial charge in [-0.25, -0.2) is 0 Å². The molecule has 1 aromatic heterocycles. The number of hydrogen-bond donors (Lipinski definition) is 1. The van der Waals surface area contributed by atoms with E-state index in [4.69, 9.17) is 9.15 Å². The zero-order valence-electron chi connectivity index (χ0n) is 22.6. The van der Waals surface area contributed by atoms with Gasteiger partial charge in [-0.05, 0) is 50.6 Å². The lowest BCUT2D eigenvalue weighted by Crippen LogP contribution is -2.46. The maximum Gasteiger partial charge on any atom is 0.196 e. The zero-order chi connectivity index (χ0) is 25.6. The first-order valence-electron chi connectivity index (χ1n) is 13.1. The van der Waals surface area contributed by atoms with Crippen molar-refractivity contribution in [3.8, 4) is 17.1 Å². The van der Waals surface area contributed by atoms with Crippen LogP contribution in [-0.2, 0) is 0 Å². The van der Waals surface area contributed by atoms with Crippen LogP contribution < -0.4 is 20.4 Å². The van der Waals surface area contributed by atoms with Crippen molar-refractivity contribution < 1.29 is 14.6 Å². The van der Waals surface area contributed by atoms with Gasteiger partial charge in [0.2, 0.25) is 0 Å². The maximum atomic E-state index is 13.1. The molecule has 0 radical (unpaired) electrons. The van der Waals surface area contributed by atoms with Gasteiger partial charge in [-0.3, -0.25) is 9.69 Å². The van der Waals surface area contributed by atoms with Crippen molar-refractivity contribution in [1.82, 2.24) is 4.90 Å². The fraction of sp³-hybridized carbons (Fsp3) is 0.323. The quantitative estimate of drug-likeness (QED) is 0.281. The second-order valence-corrected chi connectivity index (χ2v) is 9.57. The summed E-state index contributed by atoms with van der Waals surface area (Å²) in [6, 6.07) is 23.8. The third kappa shape index (κ3) is 6.74. The Balaban J connectivity index is 0.00000210. The lowest BCUT2D eigenvalue weighted by molar-refractivity contribution is 0.253. The fourth-order valence-electron chi connectivity index (χ4n) is 5.10. The Morgan fingerprint density at radius 2 is 1.62 bits per heavy atom. The highest BCUT2D eigenvalue weighted by Gasteiger charge is 2.19. The fourth-order valence-corrected chi connectivity index (χ4v) is 5.10. The van der Waals surface area contributed by atoms with Gasteiger partial charge in [0.25, 0.3) is 0 Å². The maximum absolute atomic E-state index is 13.1. The van der Waals surface area contributed by atoms with E-state index in [0.29, 0.717) is 22.3 Å². The van der Waals surface area contributed by atoms with E-state index in [2.05, 4.69) is 27.2 Å². The van der Waals surface area contributed by atoms with Crippen LogP contribution in [0.3, 0.4) is 0 Å². The van der Waals surface area contributed by atoms with Crippen LogP contribution in [0.25, 0.3) is 22.3 Å². The second kappa shape index (κ2) is 14.0. The summed E-state index contributed by atoms with van der Waals surface area (Å²) in [6.07, 6.45) is 2.16. The van der Waals surface area contributed by atoms with Gasteiger partial charge in [-0.15, -0.1) is 12.4 Å². The van der Waals surface area contributed by atoms with Crippen LogP contribution >= 0.6 is 12.4 Å². The number of para-hydroxylation sites is 3. The summed E-state index contributed by atoms with van der Waals surface area (Å²) in [5.41, 5.74) is 4.26. The normalized spacial score (nSPS) is 13.4. The summed E-state index contributed by atoms with van der Waals surface area (Å²) in [5.74, 6) is 1.58. The number of piperazine rings is 1. The van der Waals surface area contributed by atoms with Crippen LogP contribution in [-0.4, -0.2) is 56.8 Å². The monoisotopic (exact) mass is 551 g/mol. The number of nitrogens with zero attached hydrogens (tertiary/aromatic N) is 2. The molecule has 0 saturated carbocycles. The number of anilines is 2. The Hall–Kier alpha value is -3.52. The van der Waals surface area contributed by atoms with Gasteiger partial charge in [-0.1, -0.05) is 48.5 Å². The lowest BCUT2D eigenvalue weighted by Gasteiger charge is -2.36. The number of rotatable bonds is 9. The van der Waals surface area contributed by atoms with E-state index in [1.807, 2.05) is 67.6 Å². The minimum absolute atomic E-state index is 0. The van der Waals surface area contributed by atoms with E-state index in [9.17, 15) is 4.79 Å². The smallest absolute Gasteiger partial charge is 0.196 e. The van der Waals surface area contributed by atoms with Crippen molar-refractivity contribution in [2.24, 2.45) is 0 Å². The molecule has 8 heteroatoms. The summed E-state index contributed by atoms with van der Waals surface area (Å²) < 4.78 is 11.9. The summed E-state index contributed by atoms with van der Waals surface area (Å²) in [7, 11) is 1.73. The number of methoxy groups -OCH3 is 1. The average molecular weight is 552 g/mol. The summed E-state index contributed by atoms with van der Waals surface area (Å²) in [6.45, 7) is 7.89. The van der Waals surface area contributed by atoms with E-state index < -0.39 is 0 Å². The van der Waals surface area contributed by atoms with E-state index in [1.54, 1.807) is 7.11 Å². The highest BCUT2D eigenvalue weighted by Crippen LogP contribution is 2.30. The molecular weight excluding hydrogens is 514 g/mol. The van der Waals surface area contributed by atoms with Crippen molar-refractivity contribution in [2.45, 2.75) is 19.8 Å². The predicted molar refractivity (Wildman–Crippen MR) is 163 cm³/mol. The van der Waals surface area contributed by atoms with Gasteiger partial charge in [-0.2, -0.15) is 0 Å². The molecule has 1 aliphatic heterocycles. The van der Waals surface area contributed by atoms with Crippen LogP contribution in [0, 0.1) is 6.92 Å². The largest absolute Gasteiger partial charge is 0.495 e. The average Bonchev–Trinajstić information content (AvgIpc) is 2.95. The van der Waals surface area contributed by atoms with Crippen molar-refractivity contribution in [2.75, 3.05) is 56.6 Å². The van der Waals surface area contributed by atoms with Crippen LogP contribution in [0.15, 0.2) is 82.0 Å². The van der Waals surface area contributed by atoms with Crippen LogP contribution in [0.4, 0.5) is 11.4 Å². The van der Waals surface area contributed by atoms with Gasteiger partial charge in [0.15, 0.2) is 11.0 Å². The Labute approximate surface area is 236 Å². The summed E-state index contributed by atoms with van der Waals surface area (Å²) in [5, 5.41) is 4.14. The molecule has 1 saturated heterocycles. The molecule has 4 aromatic rings. The van der Waals surface area contributed by atoms with Crippen LogP contribution in [0.5, 0.6) is 5.75 Å². The number of unbranched alkanes of at least 4 members (excludes halogenated alkanes) is 1. The third-order valence-electron chi connectivity index (χ3n) is 7.20. The third-order valence-corrected chi connectivity index (χ3v) is 7.20. The SMILES string of the molecule is COc1ccccc1N1CCN(CCCCNc2cccc3c(=O)c(C)c(-c4ccccc4)oc23)CC1.Cl.O. The van der Waals surface area contributed by atoms with Crippen molar-refractivity contribution >= 4 is 34.8 Å². The molecular formula is C31H38ClN3O4. The van der Waals surface area contributed by atoms with Gasteiger partial charge in [0.05, 0.1) is 23.9 Å². The molecule has 0 spiro atoms. The Morgan fingerprint density at radius 3 is 2.36 bits per heavy atom. The van der Waals surface area contributed by atoms with Gasteiger partial charge in [0.1, 0.15) is 11.5 Å². The molecule has 1 aliphatic rings. The number of nitrogens with one attached hydrogen (secondary N) is 1. The summed E-state index contributed by atoms with van der Waals surface area (Å²) >= 11 is 0. The molecule has 5 rings (SSSR count). The first kappa shape index (κ1) is 30.0. The minimum Gasteiger partial charge on any atom is -0.495 e. The van der Waals surface area contributed by atoms with Crippen molar-refractivity contribution in [1.29, 1.82) is 0 Å². The highest BCUT2D eigenvalue weighted by molar-refractivity contribution is 5.90. The molecule has 1 fully saturated rings. The van der Waals surface area contributed by atoms with Crippen LogP contribution in [0.2, 0.25) is 0 Å². The van der Waals surface area contributed by atoms with E-state index >= 15 is 0 Å². The molecule has 0 unspecified atom stereocenters. The molecule has 0 atom stereocenters. The zero-order valence-corrected chi connectivity index (χ0v) is 23.4. The van der Waals surface area contributed by atoms with E-state index in [1.165, 1.54) is 5.69 Å². The number of hydrogen-bond acceptors (Lipinski definition) is 6. The minimum atomic E-state index is 0. The molecule has 0 bridgehead atoms. The number of halogens is 1. The van der Waals surface area contributed by atoms with Crippen molar-refractivity contribution in [3.63, 3.8) is 0 Å². The van der Waals surface area contributed by atoms with Crippen molar-refractivity contribution in [3.05, 3.63) is 88.6 Å². The van der Waals surface area contributed by atoms with Gasteiger partial charge in [0, 0.05) is 43.9 Å². The van der Waals surface area contributed by atoms with E-state index in [0.717, 1.165) is 69.1 Å². The number of benzene rings is 3. The van der Waals surface area contributed by atoms with Crippen LogP contribution in [0.1, 0.15) is 18.4 Å². The lowest BCUT2D eigenvalue weighted by atomic mass is 10.1. The molecule has 3 aromatic carbocycles. The van der Waals surface area contributed by atoms with Gasteiger partial charge >= 0.3 is 0 Å². The Morgan fingerprint density at radius 1 is 0.897 bits per heavy atom. The second-order valence-electron chi connectivity index (χ2n) is 9.57. The molecule has 3 N–H and O–H groups in total. The Bertz CT molecular complexity index is 1400. The van der Waals surface area contributed by atoms with E-state index in [-0.39, 0.29) is 23.3 Å². The first-order chi connectivity index (χ1) is 18.2. The number of fused-ring (bicyclic) bond motifs is 1. The summed E-state index contributed by atoms with van der Waals surface area (Å²) in [4.78, 5) is 18.0. The van der Waals surface area contributed by atoms with Gasteiger partial charge < -0.3 is 24.8 Å². The highest BCUT2D eigenvalue weighted by atomic mass is 35.5. The first-order valence-corrected chi connectivity index (χ1v) is 13.1. The molecule has 208 valence electrons. The standard InChI is InChI=1S/C31H35N3O3.ClH.H2O/c1-23-29(35)25-13-10-14-26(31(25)37-30(23)24-11-4-3-5-12-24)32-17-8-9-18-33-19-21-34(22-20-33)27-15-6-7-16-28(27)36-2;;/h3-7,10-16,32H,8-9,17-22H2,1-2H3;1H;1H2. The molecule has 2 heterocycles. The Kier molecular flexibility index (Phi) is 10.8. The topological polar surface area (TPSA) is 89.5 Å².